The van der Waals surface area contributed by atoms with Crippen molar-refractivity contribution in [2.45, 2.75) is 19.3 Å². The molecule has 2 aromatic carbocycles. The Morgan fingerprint density at radius 2 is 1.05 bits per heavy atom. The van der Waals surface area contributed by atoms with Gasteiger partial charge in [0, 0.05) is 16.5 Å². The van der Waals surface area contributed by atoms with E-state index in [9.17, 15) is 20.4 Å². The maximum Gasteiger partial charge on any atom is 0.119 e. The Morgan fingerprint density at radius 3 is 1.42 bits per heavy atom. The summed E-state index contributed by atoms with van der Waals surface area (Å²) in [5.41, 5.74) is 0.160. The number of benzene rings is 2. The quantitative estimate of drug-likeness (QED) is 0.626. The van der Waals surface area contributed by atoms with Crippen molar-refractivity contribution in [1.82, 2.24) is 0 Å². The van der Waals surface area contributed by atoms with Crippen molar-refractivity contribution in [1.29, 1.82) is 0 Å². The fourth-order valence-electron chi connectivity index (χ4n) is 2.19. The van der Waals surface area contributed by atoms with Gasteiger partial charge in [-0.15, -0.1) is 0 Å². The zero-order chi connectivity index (χ0) is 14.2. The molecular weight excluding hydrogens is 244 g/mol. The molecule has 0 aliphatic heterocycles. The minimum absolute atomic E-state index is 0.0190. The van der Waals surface area contributed by atoms with Gasteiger partial charge in [0.2, 0.25) is 0 Å². The molecule has 2 aromatic rings. The van der Waals surface area contributed by atoms with Crippen LogP contribution in [0.3, 0.4) is 0 Å². The Labute approximate surface area is 111 Å². The summed E-state index contributed by atoms with van der Waals surface area (Å²) in [6, 6.07) is 8.45. The van der Waals surface area contributed by atoms with Crippen LogP contribution < -0.4 is 0 Å². The maximum absolute atomic E-state index is 9.94. The first kappa shape index (κ1) is 13.1. The van der Waals surface area contributed by atoms with Crippen LogP contribution in [0.1, 0.15) is 25.0 Å². The van der Waals surface area contributed by atoms with Crippen molar-refractivity contribution >= 4 is 0 Å². The summed E-state index contributed by atoms with van der Waals surface area (Å²) in [5.74, 6) is 0.0946. The van der Waals surface area contributed by atoms with E-state index >= 15 is 0 Å². The summed E-state index contributed by atoms with van der Waals surface area (Å²) in [4.78, 5) is 0. The lowest BCUT2D eigenvalue weighted by Crippen LogP contribution is -2.19. The SMILES string of the molecule is CC(C)(c1cc(O)ccc1O)c1cc(O)ccc1O. The third-order valence-corrected chi connectivity index (χ3v) is 3.31. The van der Waals surface area contributed by atoms with E-state index in [2.05, 4.69) is 0 Å². The van der Waals surface area contributed by atoms with Gasteiger partial charge in [-0.25, -0.2) is 0 Å². The van der Waals surface area contributed by atoms with Gasteiger partial charge in [-0.3, -0.25) is 0 Å². The highest BCUT2D eigenvalue weighted by Gasteiger charge is 2.29. The first-order valence-corrected chi connectivity index (χ1v) is 5.87. The monoisotopic (exact) mass is 260 g/mol. The number of phenols is 4. The van der Waals surface area contributed by atoms with E-state index in [1.165, 1.54) is 36.4 Å². The summed E-state index contributed by atoms with van der Waals surface area (Å²) >= 11 is 0. The van der Waals surface area contributed by atoms with Crippen LogP contribution in [-0.2, 0) is 5.41 Å². The summed E-state index contributed by atoms with van der Waals surface area (Å²) < 4.78 is 0. The molecule has 0 atom stereocenters. The Morgan fingerprint density at radius 1 is 0.684 bits per heavy atom. The van der Waals surface area contributed by atoms with Crippen LogP contribution in [0.15, 0.2) is 36.4 Å². The summed E-state index contributed by atoms with van der Waals surface area (Å²) in [6.07, 6.45) is 0. The fourth-order valence-corrected chi connectivity index (χ4v) is 2.19. The largest absolute Gasteiger partial charge is 0.508 e. The first-order chi connectivity index (χ1) is 8.82. The molecule has 0 heterocycles. The van der Waals surface area contributed by atoms with Crippen molar-refractivity contribution in [2.75, 3.05) is 0 Å². The second-order valence-corrected chi connectivity index (χ2v) is 5.03. The molecule has 0 unspecified atom stereocenters. The summed E-state index contributed by atoms with van der Waals surface area (Å²) in [6.45, 7) is 3.58. The van der Waals surface area contributed by atoms with Crippen molar-refractivity contribution in [3.05, 3.63) is 47.5 Å². The van der Waals surface area contributed by atoms with E-state index in [-0.39, 0.29) is 23.0 Å². The van der Waals surface area contributed by atoms with Gasteiger partial charge in [0.15, 0.2) is 0 Å². The van der Waals surface area contributed by atoms with Gasteiger partial charge in [-0.1, -0.05) is 13.8 Å². The second kappa shape index (κ2) is 4.39. The molecule has 0 saturated heterocycles. The molecule has 0 aliphatic rings. The van der Waals surface area contributed by atoms with Gasteiger partial charge in [0.1, 0.15) is 23.0 Å². The Kier molecular flexibility index (Phi) is 3.02. The summed E-state index contributed by atoms with van der Waals surface area (Å²) in [7, 11) is 0. The molecule has 0 amide bonds. The molecule has 0 spiro atoms. The molecule has 0 saturated carbocycles. The van der Waals surface area contributed by atoms with Crippen LogP contribution in [0.5, 0.6) is 23.0 Å². The average Bonchev–Trinajstić information content (AvgIpc) is 2.35. The number of rotatable bonds is 2. The first-order valence-electron chi connectivity index (χ1n) is 5.87. The van der Waals surface area contributed by atoms with Gasteiger partial charge < -0.3 is 20.4 Å². The molecule has 0 fully saturated rings. The minimum Gasteiger partial charge on any atom is -0.508 e. The topological polar surface area (TPSA) is 80.9 Å². The average molecular weight is 260 g/mol. The normalized spacial score (nSPS) is 11.5. The van der Waals surface area contributed by atoms with Crippen molar-refractivity contribution in [3.8, 4) is 23.0 Å². The molecule has 4 nitrogen and oxygen atoms in total. The van der Waals surface area contributed by atoms with E-state index in [0.29, 0.717) is 11.1 Å². The molecule has 4 N–H and O–H groups in total. The lowest BCUT2D eigenvalue weighted by Gasteiger charge is -2.27. The predicted molar refractivity (Wildman–Crippen MR) is 71.7 cm³/mol. The Bertz CT molecular complexity index is 564. The van der Waals surface area contributed by atoms with E-state index in [4.69, 9.17) is 0 Å². The Hall–Kier alpha value is -2.36. The minimum atomic E-state index is -0.772. The van der Waals surface area contributed by atoms with Gasteiger partial charge in [-0.2, -0.15) is 0 Å². The third-order valence-electron chi connectivity index (χ3n) is 3.31. The Balaban J connectivity index is 2.64. The number of aromatic hydroxyl groups is 4. The molecule has 0 bridgehead atoms. The van der Waals surface area contributed by atoms with Crippen molar-refractivity contribution < 1.29 is 20.4 Å². The molecule has 0 radical (unpaired) electrons. The zero-order valence-corrected chi connectivity index (χ0v) is 10.8. The van der Waals surface area contributed by atoms with E-state index in [0.717, 1.165) is 0 Å². The molecule has 19 heavy (non-hydrogen) atoms. The van der Waals surface area contributed by atoms with Crippen LogP contribution in [0, 0.1) is 0 Å². The van der Waals surface area contributed by atoms with Gasteiger partial charge in [-0.05, 0) is 36.4 Å². The standard InChI is InChI=1S/C15H16O4/c1-15(2,11-7-9(16)3-5-13(11)18)12-8-10(17)4-6-14(12)19/h3-8,16-19H,1-2H3. The van der Waals surface area contributed by atoms with Crippen LogP contribution in [0.2, 0.25) is 0 Å². The third kappa shape index (κ3) is 2.29. The maximum atomic E-state index is 9.94. The van der Waals surface area contributed by atoms with Gasteiger partial charge in [0.05, 0.1) is 0 Å². The highest BCUT2D eigenvalue weighted by molar-refractivity contribution is 5.53. The number of hydrogen-bond acceptors (Lipinski definition) is 4. The van der Waals surface area contributed by atoms with E-state index < -0.39 is 5.41 Å². The molecule has 4 heteroatoms. The van der Waals surface area contributed by atoms with Gasteiger partial charge in [0.25, 0.3) is 0 Å². The van der Waals surface area contributed by atoms with Crippen LogP contribution in [0.4, 0.5) is 0 Å². The number of phenolic OH excluding ortho intramolecular Hbond substituents is 4. The van der Waals surface area contributed by atoms with Crippen LogP contribution in [0.25, 0.3) is 0 Å². The van der Waals surface area contributed by atoms with Crippen molar-refractivity contribution in [2.24, 2.45) is 0 Å². The van der Waals surface area contributed by atoms with Crippen LogP contribution >= 0.6 is 0 Å². The smallest absolute Gasteiger partial charge is 0.119 e. The van der Waals surface area contributed by atoms with Crippen molar-refractivity contribution in [3.63, 3.8) is 0 Å². The van der Waals surface area contributed by atoms with Gasteiger partial charge >= 0.3 is 0 Å². The van der Waals surface area contributed by atoms with Crippen LogP contribution in [-0.4, -0.2) is 20.4 Å². The lowest BCUT2D eigenvalue weighted by molar-refractivity contribution is 0.423. The highest BCUT2D eigenvalue weighted by Crippen LogP contribution is 2.42. The molecular formula is C15H16O4. The molecule has 0 aromatic heterocycles. The zero-order valence-electron chi connectivity index (χ0n) is 10.8. The van der Waals surface area contributed by atoms with E-state index in [1.807, 2.05) is 0 Å². The summed E-state index contributed by atoms with van der Waals surface area (Å²) in [5, 5.41) is 39.0. The number of hydrogen-bond donors (Lipinski definition) is 4. The fraction of sp³-hybridized carbons (Fsp3) is 0.200. The second-order valence-electron chi connectivity index (χ2n) is 5.03. The highest BCUT2D eigenvalue weighted by atomic mass is 16.3. The molecule has 2 rings (SSSR count). The lowest BCUT2D eigenvalue weighted by atomic mass is 9.77. The van der Waals surface area contributed by atoms with E-state index in [1.54, 1.807) is 13.8 Å². The molecule has 0 aliphatic carbocycles. The molecule has 100 valence electrons. The predicted octanol–water partition coefficient (Wildman–Crippen LogP) is 2.83.